The Labute approximate surface area is 104 Å². The first-order valence-corrected chi connectivity index (χ1v) is 6.73. The predicted molar refractivity (Wildman–Crippen MR) is 67.0 cm³/mol. The van der Waals surface area contributed by atoms with Gasteiger partial charge in [-0.25, -0.2) is 0 Å². The molecular weight excluding hydrogens is 216 g/mol. The molecule has 1 N–H and O–H groups in total. The van der Waals surface area contributed by atoms with Gasteiger partial charge in [0.25, 0.3) is 0 Å². The molecule has 2 rings (SSSR count). The minimum Gasteiger partial charge on any atom is -0.480 e. The standard InChI is InChI=1S/C13H24N2O2/c1-9(2)14-6-5-11(8-14)15-7-4-10(3)12(15)13(16)17/h9-12H,4-8H2,1-3H3,(H,16,17). The van der Waals surface area contributed by atoms with E-state index in [-0.39, 0.29) is 6.04 Å². The highest BCUT2D eigenvalue weighted by Gasteiger charge is 2.42. The molecule has 0 radical (unpaired) electrons. The summed E-state index contributed by atoms with van der Waals surface area (Å²) in [7, 11) is 0. The summed E-state index contributed by atoms with van der Waals surface area (Å²) >= 11 is 0. The monoisotopic (exact) mass is 240 g/mol. The van der Waals surface area contributed by atoms with Crippen molar-refractivity contribution in [1.29, 1.82) is 0 Å². The van der Waals surface area contributed by atoms with Gasteiger partial charge in [-0.3, -0.25) is 14.6 Å². The van der Waals surface area contributed by atoms with Crippen LogP contribution in [0, 0.1) is 5.92 Å². The highest BCUT2D eigenvalue weighted by atomic mass is 16.4. The molecule has 2 fully saturated rings. The Balaban J connectivity index is 2.01. The lowest BCUT2D eigenvalue weighted by Gasteiger charge is -2.30. The summed E-state index contributed by atoms with van der Waals surface area (Å²) < 4.78 is 0. The Bertz CT molecular complexity index is 293. The number of likely N-dealkylation sites (tertiary alicyclic amines) is 2. The zero-order valence-electron chi connectivity index (χ0n) is 11.1. The lowest BCUT2D eigenvalue weighted by molar-refractivity contribution is -0.144. The molecular formula is C13H24N2O2. The van der Waals surface area contributed by atoms with Crippen molar-refractivity contribution in [3.05, 3.63) is 0 Å². The third kappa shape index (κ3) is 2.47. The van der Waals surface area contributed by atoms with Crippen LogP contribution in [-0.4, -0.2) is 58.6 Å². The van der Waals surface area contributed by atoms with Crippen LogP contribution in [0.5, 0.6) is 0 Å². The lowest BCUT2D eigenvalue weighted by atomic mass is 10.0. The normalized spacial score (nSPS) is 35.9. The summed E-state index contributed by atoms with van der Waals surface area (Å²) in [5.41, 5.74) is 0. The second-order valence-corrected chi connectivity index (χ2v) is 5.82. The highest BCUT2D eigenvalue weighted by molar-refractivity contribution is 5.74. The molecule has 98 valence electrons. The minimum absolute atomic E-state index is 0.257. The summed E-state index contributed by atoms with van der Waals surface area (Å²) in [5, 5.41) is 9.33. The maximum absolute atomic E-state index is 11.3. The van der Waals surface area contributed by atoms with E-state index >= 15 is 0 Å². The van der Waals surface area contributed by atoms with E-state index in [1.165, 1.54) is 0 Å². The van der Waals surface area contributed by atoms with E-state index < -0.39 is 5.97 Å². The van der Waals surface area contributed by atoms with Crippen LogP contribution < -0.4 is 0 Å². The Morgan fingerprint density at radius 1 is 1.29 bits per heavy atom. The quantitative estimate of drug-likeness (QED) is 0.806. The molecule has 0 spiro atoms. The Kier molecular flexibility index (Phi) is 3.73. The van der Waals surface area contributed by atoms with E-state index in [2.05, 4.69) is 30.6 Å². The van der Waals surface area contributed by atoms with Crippen LogP contribution >= 0.6 is 0 Å². The molecule has 3 atom stereocenters. The van der Waals surface area contributed by atoms with Crippen molar-refractivity contribution in [2.45, 2.75) is 51.7 Å². The third-order valence-electron chi connectivity index (χ3n) is 4.39. The molecule has 3 unspecified atom stereocenters. The molecule has 2 heterocycles. The van der Waals surface area contributed by atoms with E-state index in [1.54, 1.807) is 0 Å². The SMILES string of the molecule is CC1CCN(C2CCN(C(C)C)C2)C1C(=O)O. The Morgan fingerprint density at radius 2 is 2.00 bits per heavy atom. The van der Waals surface area contributed by atoms with Gasteiger partial charge in [-0.05, 0) is 39.2 Å². The number of carboxylic acids is 1. The average molecular weight is 240 g/mol. The van der Waals surface area contributed by atoms with E-state index in [0.717, 1.165) is 32.5 Å². The first kappa shape index (κ1) is 12.8. The number of rotatable bonds is 3. The van der Waals surface area contributed by atoms with Crippen LogP contribution in [0.1, 0.15) is 33.6 Å². The van der Waals surface area contributed by atoms with Crippen LogP contribution in [0.3, 0.4) is 0 Å². The summed E-state index contributed by atoms with van der Waals surface area (Å²) in [6.45, 7) is 9.59. The maximum Gasteiger partial charge on any atom is 0.321 e. The molecule has 0 saturated carbocycles. The van der Waals surface area contributed by atoms with E-state index in [9.17, 15) is 9.90 Å². The largest absolute Gasteiger partial charge is 0.480 e. The smallest absolute Gasteiger partial charge is 0.321 e. The van der Waals surface area contributed by atoms with Crippen LogP contribution in [-0.2, 0) is 4.79 Å². The summed E-state index contributed by atoms with van der Waals surface area (Å²) in [6.07, 6.45) is 2.14. The number of carboxylic acid groups (broad SMARTS) is 1. The fraction of sp³-hybridized carbons (Fsp3) is 0.923. The fourth-order valence-corrected chi connectivity index (χ4v) is 3.28. The van der Waals surface area contributed by atoms with Gasteiger partial charge in [0.15, 0.2) is 0 Å². The summed E-state index contributed by atoms with van der Waals surface area (Å²) in [6, 6.07) is 0.763. The molecule has 0 aromatic carbocycles. The number of hydrogen-bond donors (Lipinski definition) is 1. The minimum atomic E-state index is -0.641. The zero-order chi connectivity index (χ0) is 12.6. The first-order valence-electron chi connectivity index (χ1n) is 6.73. The van der Waals surface area contributed by atoms with Gasteiger partial charge in [-0.15, -0.1) is 0 Å². The van der Waals surface area contributed by atoms with E-state index in [1.807, 2.05) is 0 Å². The number of carbonyl (C=O) groups is 1. The van der Waals surface area contributed by atoms with Crippen molar-refractivity contribution in [2.75, 3.05) is 19.6 Å². The van der Waals surface area contributed by atoms with Gasteiger partial charge in [0.1, 0.15) is 6.04 Å². The molecule has 17 heavy (non-hydrogen) atoms. The van der Waals surface area contributed by atoms with Gasteiger partial charge in [0.05, 0.1) is 0 Å². The predicted octanol–water partition coefficient (Wildman–Crippen LogP) is 1.26. The number of aliphatic carboxylic acids is 1. The van der Waals surface area contributed by atoms with E-state index in [0.29, 0.717) is 18.0 Å². The molecule has 2 saturated heterocycles. The van der Waals surface area contributed by atoms with Gasteiger partial charge >= 0.3 is 5.97 Å². The van der Waals surface area contributed by atoms with Crippen molar-refractivity contribution in [3.8, 4) is 0 Å². The van der Waals surface area contributed by atoms with Crippen LogP contribution in [0.25, 0.3) is 0 Å². The van der Waals surface area contributed by atoms with Crippen LogP contribution in [0.4, 0.5) is 0 Å². The molecule has 2 aliphatic rings. The van der Waals surface area contributed by atoms with Gasteiger partial charge < -0.3 is 5.11 Å². The van der Waals surface area contributed by atoms with Gasteiger partial charge in [0, 0.05) is 25.2 Å². The van der Waals surface area contributed by atoms with Crippen LogP contribution in [0.15, 0.2) is 0 Å². The van der Waals surface area contributed by atoms with Crippen molar-refractivity contribution < 1.29 is 9.90 Å². The highest BCUT2D eigenvalue weighted by Crippen LogP contribution is 2.30. The van der Waals surface area contributed by atoms with Gasteiger partial charge in [0.2, 0.25) is 0 Å². The van der Waals surface area contributed by atoms with Gasteiger partial charge in [-0.2, -0.15) is 0 Å². The van der Waals surface area contributed by atoms with Crippen molar-refractivity contribution in [2.24, 2.45) is 5.92 Å². The Morgan fingerprint density at radius 3 is 2.53 bits per heavy atom. The number of nitrogens with zero attached hydrogens (tertiary/aromatic N) is 2. The van der Waals surface area contributed by atoms with Gasteiger partial charge in [-0.1, -0.05) is 6.92 Å². The average Bonchev–Trinajstić information content (AvgIpc) is 2.82. The second-order valence-electron chi connectivity index (χ2n) is 5.82. The van der Waals surface area contributed by atoms with E-state index in [4.69, 9.17) is 0 Å². The summed E-state index contributed by atoms with van der Waals surface area (Å²) in [4.78, 5) is 16.0. The van der Waals surface area contributed by atoms with Crippen molar-refractivity contribution >= 4 is 5.97 Å². The molecule has 2 aliphatic heterocycles. The molecule has 0 aromatic rings. The zero-order valence-corrected chi connectivity index (χ0v) is 11.1. The molecule has 0 bridgehead atoms. The molecule has 4 heteroatoms. The number of hydrogen-bond acceptors (Lipinski definition) is 3. The summed E-state index contributed by atoms with van der Waals surface area (Å²) in [5.74, 6) is -0.349. The Hall–Kier alpha value is -0.610. The van der Waals surface area contributed by atoms with Crippen molar-refractivity contribution in [1.82, 2.24) is 9.80 Å². The maximum atomic E-state index is 11.3. The molecule has 4 nitrogen and oxygen atoms in total. The fourth-order valence-electron chi connectivity index (χ4n) is 3.28. The molecule has 0 aliphatic carbocycles. The van der Waals surface area contributed by atoms with Crippen LogP contribution in [0.2, 0.25) is 0 Å². The first-order chi connectivity index (χ1) is 8.00. The molecule has 0 aromatic heterocycles. The lowest BCUT2D eigenvalue weighted by Crippen LogP contribution is -2.46. The topological polar surface area (TPSA) is 43.8 Å². The molecule has 0 amide bonds. The van der Waals surface area contributed by atoms with Crippen molar-refractivity contribution in [3.63, 3.8) is 0 Å². The second kappa shape index (κ2) is 4.94. The third-order valence-corrected chi connectivity index (χ3v) is 4.39.